The van der Waals surface area contributed by atoms with E-state index in [1.165, 1.54) is 6.33 Å². The monoisotopic (exact) mass is 318 g/mol. The minimum absolute atomic E-state index is 0.0413. The van der Waals surface area contributed by atoms with Gasteiger partial charge >= 0.3 is 0 Å². The van der Waals surface area contributed by atoms with Gasteiger partial charge in [-0.2, -0.15) is 10.1 Å². The molecular weight excluding hydrogens is 304 g/mol. The van der Waals surface area contributed by atoms with E-state index >= 15 is 0 Å². The van der Waals surface area contributed by atoms with Crippen molar-refractivity contribution >= 4 is 23.5 Å². The van der Waals surface area contributed by atoms with Crippen molar-refractivity contribution < 1.29 is 9.53 Å². The standard InChI is InChI=1S/C15H15ClN4O2/c16-12-2-3-13-10(7-12)6-11(8-22-13)14(21)19-4-1-5-20-15(19)17-9-18-20/h2-3,7,9,11H,1,4-6,8H2/t11-/m1/s1. The molecule has 2 aliphatic heterocycles. The Hall–Kier alpha value is -2.08. The predicted octanol–water partition coefficient (Wildman–Crippen LogP) is 1.92. The third-order valence-electron chi connectivity index (χ3n) is 4.13. The Bertz CT molecular complexity index is 730. The quantitative estimate of drug-likeness (QED) is 0.806. The molecule has 0 spiro atoms. The number of hydrogen-bond donors (Lipinski definition) is 0. The Morgan fingerprint density at radius 2 is 2.27 bits per heavy atom. The Labute approximate surface area is 132 Å². The Morgan fingerprint density at radius 3 is 3.18 bits per heavy atom. The molecule has 0 saturated heterocycles. The second-order valence-electron chi connectivity index (χ2n) is 5.59. The number of ether oxygens (including phenoxy) is 1. The van der Waals surface area contributed by atoms with Crippen LogP contribution in [0, 0.1) is 5.92 Å². The highest BCUT2D eigenvalue weighted by Crippen LogP contribution is 2.31. The van der Waals surface area contributed by atoms with Crippen LogP contribution in [0.15, 0.2) is 24.5 Å². The number of anilines is 1. The van der Waals surface area contributed by atoms with Gasteiger partial charge in [-0.3, -0.25) is 9.69 Å². The molecule has 1 aromatic carbocycles. The minimum atomic E-state index is -0.214. The number of carbonyl (C=O) groups excluding carboxylic acids is 1. The van der Waals surface area contributed by atoms with Crippen molar-refractivity contribution in [1.82, 2.24) is 14.8 Å². The Morgan fingerprint density at radius 1 is 1.36 bits per heavy atom. The summed E-state index contributed by atoms with van der Waals surface area (Å²) in [6.45, 7) is 1.87. The van der Waals surface area contributed by atoms with Gasteiger partial charge in [0.25, 0.3) is 0 Å². The van der Waals surface area contributed by atoms with Crippen molar-refractivity contribution in [2.24, 2.45) is 5.92 Å². The molecule has 0 saturated carbocycles. The smallest absolute Gasteiger partial charge is 0.236 e. The fraction of sp³-hybridized carbons (Fsp3) is 0.400. The van der Waals surface area contributed by atoms with Gasteiger partial charge in [0.2, 0.25) is 11.9 Å². The van der Waals surface area contributed by atoms with E-state index in [0.29, 0.717) is 30.5 Å². The number of aromatic nitrogens is 3. The molecule has 0 radical (unpaired) electrons. The second-order valence-corrected chi connectivity index (χ2v) is 6.03. The predicted molar refractivity (Wildman–Crippen MR) is 81.1 cm³/mol. The third kappa shape index (κ3) is 2.23. The van der Waals surface area contributed by atoms with Crippen molar-refractivity contribution in [2.45, 2.75) is 19.4 Å². The Kier molecular flexibility index (Phi) is 3.26. The van der Waals surface area contributed by atoms with Crippen molar-refractivity contribution in [2.75, 3.05) is 18.1 Å². The molecule has 0 aliphatic carbocycles. The lowest BCUT2D eigenvalue weighted by molar-refractivity contribution is -0.123. The summed E-state index contributed by atoms with van der Waals surface area (Å²) in [6, 6.07) is 5.53. The zero-order valence-corrected chi connectivity index (χ0v) is 12.7. The fourth-order valence-corrected chi connectivity index (χ4v) is 3.25. The molecule has 114 valence electrons. The largest absolute Gasteiger partial charge is 0.492 e. The summed E-state index contributed by atoms with van der Waals surface area (Å²) in [7, 11) is 0. The van der Waals surface area contributed by atoms with Gasteiger partial charge in [0.05, 0.1) is 5.92 Å². The van der Waals surface area contributed by atoms with E-state index in [0.717, 1.165) is 24.3 Å². The first kappa shape index (κ1) is 13.6. The second kappa shape index (κ2) is 5.28. The molecule has 7 heteroatoms. The summed E-state index contributed by atoms with van der Waals surface area (Å²) in [5.41, 5.74) is 0.982. The lowest BCUT2D eigenvalue weighted by Gasteiger charge is -2.31. The lowest BCUT2D eigenvalue weighted by Crippen LogP contribution is -2.44. The number of hydrogen-bond acceptors (Lipinski definition) is 4. The number of benzene rings is 1. The van der Waals surface area contributed by atoms with Crippen LogP contribution in [-0.2, 0) is 17.8 Å². The summed E-state index contributed by atoms with van der Waals surface area (Å²) in [5, 5.41) is 4.81. The van der Waals surface area contributed by atoms with Crippen molar-refractivity contribution in [1.29, 1.82) is 0 Å². The van der Waals surface area contributed by atoms with Crippen LogP contribution >= 0.6 is 11.6 Å². The van der Waals surface area contributed by atoms with Crippen LogP contribution < -0.4 is 9.64 Å². The zero-order valence-electron chi connectivity index (χ0n) is 11.9. The fourth-order valence-electron chi connectivity index (χ4n) is 3.05. The molecule has 1 amide bonds. The van der Waals surface area contributed by atoms with Gasteiger partial charge in [-0.1, -0.05) is 11.6 Å². The normalized spacial score (nSPS) is 20.0. The molecule has 6 nitrogen and oxygen atoms in total. The first-order valence-electron chi connectivity index (χ1n) is 7.33. The summed E-state index contributed by atoms with van der Waals surface area (Å²) in [6.07, 6.45) is 3.02. The number of rotatable bonds is 1. The van der Waals surface area contributed by atoms with Crippen LogP contribution in [0.2, 0.25) is 5.02 Å². The van der Waals surface area contributed by atoms with E-state index < -0.39 is 0 Å². The van der Waals surface area contributed by atoms with Gasteiger partial charge in [0, 0.05) is 18.1 Å². The minimum Gasteiger partial charge on any atom is -0.492 e. The summed E-state index contributed by atoms with van der Waals surface area (Å²) >= 11 is 6.03. The number of nitrogens with zero attached hydrogens (tertiary/aromatic N) is 4. The number of halogens is 1. The molecule has 2 aliphatic rings. The van der Waals surface area contributed by atoms with E-state index in [1.54, 1.807) is 15.6 Å². The Balaban J connectivity index is 1.58. The number of fused-ring (bicyclic) bond motifs is 2. The van der Waals surface area contributed by atoms with Crippen LogP contribution in [-0.4, -0.2) is 33.8 Å². The maximum absolute atomic E-state index is 12.8. The highest BCUT2D eigenvalue weighted by molar-refractivity contribution is 6.30. The molecule has 0 unspecified atom stereocenters. The first-order chi connectivity index (χ1) is 10.7. The van der Waals surface area contributed by atoms with Crippen LogP contribution in [0.5, 0.6) is 5.75 Å². The molecule has 22 heavy (non-hydrogen) atoms. The average molecular weight is 319 g/mol. The number of amides is 1. The van der Waals surface area contributed by atoms with E-state index in [9.17, 15) is 4.79 Å². The van der Waals surface area contributed by atoms with Gasteiger partial charge in [-0.25, -0.2) is 4.68 Å². The highest BCUT2D eigenvalue weighted by Gasteiger charge is 2.33. The molecular formula is C15H15ClN4O2. The van der Waals surface area contributed by atoms with Crippen molar-refractivity contribution in [3.8, 4) is 5.75 Å². The molecule has 2 aromatic rings. The molecule has 1 atom stereocenters. The van der Waals surface area contributed by atoms with Crippen LogP contribution in [0.4, 0.5) is 5.95 Å². The van der Waals surface area contributed by atoms with Gasteiger partial charge in [0.15, 0.2) is 0 Å². The van der Waals surface area contributed by atoms with Gasteiger partial charge in [0.1, 0.15) is 18.7 Å². The number of aryl methyl sites for hydroxylation is 1. The maximum Gasteiger partial charge on any atom is 0.236 e. The van der Waals surface area contributed by atoms with Gasteiger partial charge in [-0.05, 0) is 36.6 Å². The molecule has 3 heterocycles. The van der Waals surface area contributed by atoms with E-state index in [-0.39, 0.29) is 11.8 Å². The third-order valence-corrected chi connectivity index (χ3v) is 4.37. The molecule has 0 N–H and O–H groups in total. The zero-order chi connectivity index (χ0) is 15.1. The summed E-state index contributed by atoms with van der Waals surface area (Å²) in [5.74, 6) is 1.28. The van der Waals surface area contributed by atoms with Crippen molar-refractivity contribution in [3.63, 3.8) is 0 Å². The van der Waals surface area contributed by atoms with Crippen LogP contribution in [0.3, 0.4) is 0 Å². The van der Waals surface area contributed by atoms with Crippen molar-refractivity contribution in [3.05, 3.63) is 35.1 Å². The van der Waals surface area contributed by atoms with Crippen LogP contribution in [0.1, 0.15) is 12.0 Å². The SMILES string of the molecule is O=C([C@H]1COc2ccc(Cl)cc2C1)N1CCCn2ncnc21. The first-order valence-corrected chi connectivity index (χ1v) is 7.70. The van der Waals surface area contributed by atoms with Crippen LogP contribution in [0.25, 0.3) is 0 Å². The average Bonchev–Trinajstić information content (AvgIpc) is 3.02. The molecule has 4 rings (SSSR count). The topological polar surface area (TPSA) is 60.2 Å². The molecule has 0 fully saturated rings. The molecule has 1 aromatic heterocycles. The summed E-state index contributed by atoms with van der Waals surface area (Å²) < 4.78 is 7.50. The van der Waals surface area contributed by atoms with E-state index in [2.05, 4.69) is 10.1 Å². The van der Waals surface area contributed by atoms with Gasteiger partial charge < -0.3 is 4.74 Å². The van der Waals surface area contributed by atoms with Gasteiger partial charge in [-0.15, -0.1) is 0 Å². The van der Waals surface area contributed by atoms with E-state index in [4.69, 9.17) is 16.3 Å². The lowest BCUT2D eigenvalue weighted by atomic mass is 9.95. The highest BCUT2D eigenvalue weighted by atomic mass is 35.5. The summed E-state index contributed by atoms with van der Waals surface area (Å²) in [4.78, 5) is 18.8. The maximum atomic E-state index is 12.8. The van der Waals surface area contributed by atoms with E-state index in [1.807, 2.05) is 12.1 Å². The molecule has 0 bridgehead atoms. The number of carbonyl (C=O) groups is 1.